The quantitative estimate of drug-likeness (QED) is 0.694. The Morgan fingerprint density at radius 3 is 1.61 bits per heavy atom. The lowest BCUT2D eigenvalue weighted by atomic mass is 9.99. The average Bonchev–Trinajstić information content (AvgIpc) is 2.41. The van der Waals surface area contributed by atoms with E-state index < -0.39 is 0 Å². The van der Waals surface area contributed by atoms with E-state index in [1.807, 2.05) is 18.3 Å². The lowest BCUT2D eigenvalue weighted by Gasteiger charge is -2.13. The first kappa shape index (κ1) is 12.6. The van der Waals surface area contributed by atoms with Gasteiger partial charge in [0.05, 0.1) is 6.04 Å². The van der Waals surface area contributed by atoms with Crippen LogP contribution in [-0.2, 0) is 0 Å². The van der Waals surface area contributed by atoms with Crippen molar-refractivity contribution < 1.29 is 0 Å². The molecule has 1 nitrogen and oxygen atoms in total. The van der Waals surface area contributed by atoms with Crippen LogP contribution in [0.5, 0.6) is 0 Å². The van der Waals surface area contributed by atoms with Gasteiger partial charge < -0.3 is 0 Å². The van der Waals surface area contributed by atoms with Crippen LogP contribution in [0.2, 0.25) is 0 Å². The highest BCUT2D eigenvalue weighted by molar-refractivity contribution is 5.60. The summed E-state index contributed by atoms with van der Waals surface area (Å²) in [4.78, 5) is 4.74. The molecule has 0 atom stereocenters. The van der Waals surface area contributed by atoms with Crippen molar-refractivity contribution in [1.29, 1.82) is 0 Å². The molecule has 92 valence electrons. The zero-order valence-corrected chi connectivity index (χ0v) is 11.0. The Hall–Kier alpha value is -1.89. The fourth-order valence-electron chi connectivity index (χ4n) is 1.89. The molecule has 2 aromatic rings. The molecule has 0 unspecified atom stereocenters. The minimum atomic E-state index is 0.106. The molecule has 0 heterocycles. The van der Waals surface area contributed by atoms with E-state index in [-0.39, 0.29) is 6.04 Å². The minimum absolute atomic E-state index is 0.106. The summed E-state index contributed by atoms with van der Waals surface area (Å²) >= 11 is 0. The number of hydrogen-bond acceptors (Lipinski definition) is 1. The lowest BCUT2D eigenvalue weighted by molar-refractivity contribution is 0.837. The van der Waals surface area contributed by atoms with Crippen LogP contribution >= 0.6 is 0 Å². The Bertz CT molecular complexity index is 446. The van der Waals surface area contributed by atoms with E-state index in [2.05, 4.69) is 62.4 Å². The van der Waals surface area contributed by atoms with Crippen molar-refractivity contribution in [2.24, 2.45) is 10.9 Å². The average molecular weight is 237 g/mol. The fraction of sp³-hybridized carbons (Fsp3) is 0.235. The summed E-state index contributed by atoms with van der Waals surface area (Å²) in [6, 6.07) is 21.0. The number of aliphatic imine (C=N–C) groups is 1. The van der Waals surface area contributed by atoms with Crippen molar-refractivity contribution >= 4 is 6.21 Å². The first-order chi connectivity index (χ1) is 8.77. The van der Waals surface area contributed by atoms with Crippen LogP contribution in [0.25, 0.3) is 0 Å². The molecule has 2 rings (SSSR count). The third kappa shape index (κ3) is 3.30. The van der Waals surface area contributed by atoms with Gasteiger partial charge in [0.25, 0.3) is 0 Å². The van der Waals surface area contributed by atoms with Crippen LogP contribution in [0.4, 0.5) is 0 Å². The summed E-state index contributed by atoms with van der Waals surface area (Å²) in [6.07, 6.45) is 2.03. The summed E-state index contributed by atoms with van der Waals surface area (Å²) < 4.78 is 0. The highest BCUT2D eigenvalue weighted by Gasteiger charge is 2.11. The number of rotatable bonds is 4. The van der Waals surface area contributed by atoms with Gasteiger partial charge in [-0.25, -0.2) is 0 Å². The zero-order valence-electron chi connectivity index (χ0n) is 11.0. The molecule has 0 spiro atoms. The molecular formula is C17H19N. The topological polar surface area (TPSA) is 12.4 Å². The monoisotopic (exact) mass is 237 g/mol. The summed E-state index contributed by atoms with van der Waals surface area (Å²) in [5.74, 6) is 0.472. The van der Waals surface area contributed by atoms with Crippen molar-refractivity contribution in [3.63, 3.8) is 0 Å². The molecule has 0 aliphatic rings. The van der Waals surface area contributed by atoms with Crippen LogP contribution < -0.4 is 0 Å². The molecule has 0 aromatic heterocycles. The van der Waals surface area contributed by atoms with Gasteiger partial charge in [-0.3, -0.25) is 4.99 Å². The Balaban J connectivity index is 2.35. The third-order valence-corrected chi connectivity index (χ3v) is 2.76. The molecular weight excluding hydrogens is 218 g/mol. The van der Waals surface area contributed by atoms with Gasteiger partial charge in [-0.2, -0.15) is 0 Å². The maximum absolute atomic E-state index is 4.74. The molecule has 0 bridgehead atoms. The fourth-order valence-corrected chi connectivity index (χ4v) is 1.89. The van der Waals surface area contributed by atoms with Gasteiger partial charge in [-0.15, -0.1) is 0 Å². The van der Waals surface area contributed by atoms with Gasteiger partial charge in [-0.05, 0) is 17.0 Å². The first-order valence-electron chi connectivity index (χ1n) is 6.40. The molecule has 0 N–H and O–H groups in total. The van der Waals surface area contributed by atoms with Crippen LogP contribution in [0.1, 0.15) is 31.0 Å². The van der Waals surface area contributed by atoms with Gasteiger partial charge in [0, 0.05) is 6.21 Å². The zero-order chi connectivity index (χ0) is 12.8. The summed E-state index contributed by atoms with van der Waals surface area (Å²) in [5, 5.41) is 0. The number of benzene rings is 2. The molecule has 0 saturated carbocycles. The highest BCUT2D eigenvalue weighted by Crippen LogP contribution is 2.25. The van der Waals surface area contributed by atoms with E-state index >= 15 is 0 Å². The molecule has 0 aliphatic heterocycles. The maximum Gasteiger partial charge on any atom is 0.0995 e. The molecule has 0 radical (unpaired) electrons. The first-order valence-corrected chi connectivity index (χ1v) is 6.40. The smallest absolute Gasteiger partial charge is 0.0995 e. The van der Waals surface area contributed by atoms with Gasteiger partial charge in [0.1, 0.15) is 0 Å². The Labute approximate surface area is 109 Å². The largest absolute Gasteiger partial charge is 0.284 e. The standard InChI is InChI=1S/C17H19N/c1-14(2)13-18-17(15-9-5-3-6-10-15)16-11-7-4-8-12-16/h3-14,17H,1-2H3. The molecule has 0 aliphatic carbocycles. The SMILES string of the molecule is CC(C)C=NC(c1ccccc1)c1ccccc1. The normalized spacial score (nSPS) is 11.6. The van der Waals surface area contributed by atoms with Gasteiger partial charge in [0.15, 0.2) is 0 Å². The van der Waals surface area contributed by atoms with E-state index in [1.54, 1.807) is 0 Å². The number of hydrogen-bond donors (Lipinski definition) is 0. The van der Waals surface area contributed by atoms with Crippen LogP contribution in [0.3, 0.4) is 0 Å². The van der Waals surface area contributed by atoms with E-state index in [4.69, 9.17) is 4.99 Å². The maximum atomic E-state index is 4.74. The second-order valence-electron chi connectivity index (χ2n) is 4.77. The molecule has 0 saturated heterocycles. The second-order valence-corrected chi connectivity index (χ2v) is 4.77. The lowest BCUT2D eigenvalue weighted by Crippen LogP contribution is -2.00. The Morgan fingerprint density at radius 2 is 1.22 bits per heavy atom. The van der Waals surface area contributed by atoms with Crippen molar-refractivity contribution in [1.82, 2.24) is 0 Å². The molecule has 2 aromatic carbocycles. The van der Waals surface area contributed by atoms with Crippen molar-refractivity contribution in [3.8, 4) is 0 Å². The van der Waals surface area contributed by atoms with Crippen LogP contribution in [-0.4, -0.2) is 6.21 Å². The molecule has 18 heavy (non-hydrogen) atoms. The molecule has 1 heteroatoms. The Kier molecular flexibility index (Phi) is 4.30. The summed E-state index contributed by atoms with van der Waals surface area (Å²) in [5.41, 5.74) is 2.47. The van der Waals surface area contributed by atoms with Gasteiger partial charge >= 0.3 is 0 Å². The second kappa shape index (κ2) is 6.15. The van der Waals surface area contributed by atoms with E-state index in [9.17, 15) is 0 Å². The molecule has 0 fully saturated rings. The van der Waals surface area contributed by atoms with E-state index in [0.29, 0.717) is 5.92 Å². The van der Waals surface area contributed by atoms with Gasteiger partial charge in [-0.1, -0.05) is 74.5 Å². The number of nitrogens with zero attached hydrogens (tertiary/aromatic N) is 1. The molecule has 0 amide bonds. The predicted molar refractivity (Wildman–Crippen MR) is 78.1 cm³/mol. The van der Waals surface area contributed by atoms with E-state index in [0.717, 1.165) is 0 Å². The minimum Gasteiger partial charge on any atom is -0.284 e. The summed E-state index contributed by atoms with van der Waals surface area (Å²) in [7, 11) is 0. The van der Waals surface area contributed by atoms with E-state index in [1.165, 1.54) is 11.1 Å². The van der Waals surface area contributed by atoms with Crippen LogP contribution in [0, 0.1) is 5.92 Å². The summed E-state index contributed by atoms with van der Waals surface area (Å²) in [6.45, 7) is 4.30. The van der Waals surface area contributed by atoms with Gasteiger partial charge in [0.2, 0.25) is 0 Å². The van der Waals surface area contributed by atoms with Crippen LogP contribution in [0.15, 0.2) is 65.7 Å². The Morgan fingerprint density at radius 1 is 0.778 bits per heavy atom. The van der Waals surface area contributed by atoms with Crippen molar-refractivity contribution in [2.75, 3.05) is 0 Å². The predicted octanol–water partition coefficient (Wildman–Crippen LogP) is 4.50. The highest BCUT2D eigenvalue weighted by atomic mass is 14.8. The van der Waals surface area contributed by atoms with Crippen molar-refractivity contribution in [3.05, 3.63) is 71.8 Å². The van der Waals surface area contributed by atoms with Crippen molar-refractivity contribution in [2.45, 2.75) is 19.9 Å². The third-order valence-electron chi connectivity index (χ3n) is 2.76.